The number of nitrogens with zero attached hydrogens (tertiary/aromatic N) is 1. The van der Waals surface area contributed by atoms with Gasteiger partial charge >= 0.3 is 0 Å². The number of ketones is 1. The molecule has 0 aliphatic carbocycles. The van der Waals surface area contributed by atoms with Gasteiger partial charge in [0.2, 0.25) is 5.79 Å². The van der Waals surface area contributed by atoms with Gasteiger partial charge in [0.1, 0.15) is 5.69 Å². The molecular formula is C14H19NO3. The highest BCUT2D eigenvalue weighted by Crippen LogP contribution is 2.35. The lowest BCUT2D eigenvalue weighted by Gasteiger charge is -2.41. The molecule has 1 aliphatic rings. The second kappa shape index (κ2) is 4.44. The summed E-state index contributed by atoms with van der Waals surface area (Å²) >= 11 is 0. The van der Waals surface area contributed by atoms with E-state index in [0.29, 0.717) is 24.6 Å². The van der Waals surface area contributed by atoms with Crippen LogP contribution in [0, 0.1) is 5.41 Å². The molecule has 2 rings (SSSR count). The minimum absolute atomic E-state index is 0.0116. The fourth-order valence-electron chi connectivity index (χ4n) is 1.78. The van der Waals surface area contributed by atoms with E-state index >= 15 is 0 Å². The van der Waals surface area contributed by atoms with E-state index in [9.17, 15) is 4.79 Å². The van der Waals surface area contributed by atoms with E-state index in [2.05, 4.69) is 18.8 Å². The maximum Gasteiger partial charge on any atom is 0.209 e. The molecule has 0 bridgehead atoms. The Bertz CT molecular complexity index is 458. The van der Waals surface area contributed by atoms with Gasteiger partial charge in [0.25, 0.3) is 0 Å². The van der Waals surface area contributed by atoms with Gasteiger partial charge in [-0.05, 0) is 19.1 Å². The molecule has 4 nitrogen and oxygen atoms in total. The smallest absolute Gasteiger partial charge is 0.209 e. The molecule has 4 heteroatoms. The molecule has 0 N–H and O–H groups in total. The Morgan fingerprint density at radius 3 is 2.39 bits per heavy atom. The van der Waals surface area contributed by atoms with Crippen molar-refractivity contribution in [1.29, 1.82) is 0 Å². The topological polar surface area (TPSA) is 48.4 Å². The number of Topliss-reactive ketones (excluding diaryl/α,β-unsaturated/α-hetero) is 1. The Kier molecular flexibility index (Phi) is 3.25. The Morgan fingerprint density at radius 2 is 1.83 bits per heavy atom. The van der Waals surface area contributed by atoms with E-state index in [1.54, 1.807) is 12.1 Å². The van der Waals surface area contributed by atoms with Crippen LogP contribution in [0.15, 0.2) is 18.2 Å². The van der Waals surface area contributed by atoms with Gasteiger partial charge in [-0.1, -0.05) is 19.9 Å². The van der Waals surface area contributed by atoms with Crippen molar-refractivity contribution in [2.24, 2.45) is 5.41 Å². The Balaban J connectivity index is 2.26. The van der Waals surface area contributed by atoms with Gasteiger partial charge in [-0.25, -0.2) is 4.98 Å². The number of aromatic nitrogens is 1. The number of hydrogen-bond acceptors (Lipinski definition) is 4. The van der Waals surface area contributed by atoms with Crippen LogP contribution in [-0.4, -0.2) is 24.0 Å². The average Bonchev–Trinajstić information content (AvgIpc) is 2.34. The van der Waals surface area contributed by atoms with E-state index in [1.165, 1.54) is 6.92 Å². The predicted octanol–water partition coefficient (Wildman–Crippen LogP) is 2.53. The summed E-state index contributed by atoms with van der Waals surface area (Å²) in [5.74, 6) is -0.919. The number of hydrogen-bond donors (Lipinski definition) is 0. The molecular weight excluding hydrogens is 230 g/mol. The molecule has 1 aromatic rings. The van der Waals surface area contributed by atoms with Gasteiger partial charge < -0.3 is 9.47 Å². The SMILES string of the molecule is CC(=O)c1cccc(C2(C)OCC(C)(C)CO2)n1. The first-order valence-corrected chi connectivity index (χ1v) is 6.09. The second-order valence-corrected chi connectivity index (χ2v) is 5.65. The standard InChI is InChI=1S/C14H19NO3/c1-10(16)11-6-5-7-12(15-11)14(4)17-8-13(2,3)9-18-14/h5-7H,8-9H2,1-4H3. The lowest BCUT2D eigenvalue weighted by atomic mass is 9.94. The van der Waals surface area contributed by atoms with Crippen LogP contribution in [-0.2, 0) is 15.3 Å². The van der Waals surface area contributed by atoms with Crippen molar-refractivity contribution in [3.63, 3.8) is 0 Å². The van der Waals surface area contributed by atoms with Crippen molar-refractivity contribution in [3.8, 4) is 0 Å². The van der Waals surface area contributed by atoms with Crippen LogP contribution in [0.25, 0.3) is 0 Å². The molecule has 98 valence electrons. The molecule has 2 heterocycles. The maximum atomic E-state index is 11.3. The summed E-state index contributed by atoms with van der Waals surface area (Å²) in [6.07, 6.45) is 0. The first-order valence-electron chi connectivity index (χ1n) is 6.09. The normalized spacial score (nSPS) is 21.6. The van der Waals surface area contributed by atoms with E-state index in [1.807, 2.05) is 13.0 Å². The highest BCUT2D eigenvalue weighted by molar-refractivity contribution is 5.92. The fourth-order valence-corrected chi connectivity index (χ4v) is 1.78. The second-order valence-electron chi connectivity index (χ2n) is 5.65. The maximum absolute atomic E-state index is 11.3. The minimum atomic E-state index is -0.860. The number of carbonyl (C=O) groups is 1. The van der Waals surface area contributed by atoms with Crippen molar-refractivity contribution in [1.82, 2.24) is 4.98 Å². The van der Waals surface area contributed by atoms with Crippen LogP contribution in [0.3, 0.4) is 0 Å². The number of rotatable bonds is 2. The first kappa shape index (κ1) is 13.2. The molecule has 1 aromatic heterocycles. The van der Waals surface area contributed by atoms with Crippen LogP contribution in [0.4, 0.5) is 0 Å². The van der Waals surface area contributed by atoms with Gasteiger partial charge in [-0.3, -0.25) is 4.79 Å². The van der Waals surface area contributed by atoms with E-state index < -0.39 is 5.79 Å². The molecule has 0 saturated carbocycles. The molecule has 18 heavy (non-hydrogen) atoms. The lowest BCUT2D eigenvalue weighted by molar-refractivity contribution is -0.299. The molecule has 1 fully saturated rings. The Labute approximate surface area is 107 Å². The minimum Gasteiger partial charge on any atom is -0.344 e. The average molecular weight is 249 g/mol. The van der Waals surface area contributed by atoms with E-state index in [-0.39, 0.29) is 11.2 Å². The van der Waals surface area contributed by atoms with Gasteiger partial charge in [0.15, 0.2) is 5.78 Å². The molecule has 0 unspecified atom stereocenters. The molecule has 0 amide bonds. The largest absolute Gasteiger partial charge is 0.344 e. The third kappa shape index (κ3) is 2.60. The van der Waals surface area contributed by atoms with Crippen LogP contribution in [0.5, 0.6) is 0 Å². The zero-order chi connectivity index (χ0) is 13.4. The lowest BCUT2D eigenvalue weighted by Crippen LogP contribution is -2.44. The molecule has 0 atom stereocenters. The van der Waals surface area contributed by atoms with Crippen LogP contribution < -0.4 is 0 Å². The third-order valence-corrected chi connectivity index (χ3v) is 3.05. The van der Waals surface area contributed by atoms with Gasteiger partial charge in [0.05, 0.1) is 18.9 Å². The van der Waals surface area contributed by atoms with Crippen LogP contribution in [0.2, 0.25) is 0 Å². The summed E-state index contributed by atoms with van der Waals surface area (Å²) in [5, 5.41) is 0. The predicted molar refractivity (Wildman–Crippen MR) is 67.3 cm³/mol. The number of carbonyl (C=O) groups excluding carboxylic acids is 1. The summed E-state index contributed by atoms with van der Waals surface area (Å²) in [5.41, 5.74) is 1.09. The summed E-state index contributed by atoms with van der Waals surface area (Å²) in [6, 6.07) is 5.32. The molecule has 0 aromatic carbocycles. The third-order valence-electron chi connectivity index (χ3n) is 3.05. The van der Waals surface area contributed by atoms with Crippen molar-refractivity contribution < 1.29 is 14.3 Å². The van der Waals surface area contributed by atoms with Crippen LogP contribution >= 0.6 is 0 Å². The molecule has 0 radical (unpaired) electrons. The van der Waals surface area contributed by atoms with Gasteiger partial charge in [0, 0.05) is 12.3 Å². The van der Waals surface area contributed by atoms with Crippen molar-refractivity contribution >= 4 is 5.78 Å². The number of ether oxygens (including phenoxy) is 2. The zero-order valence-corrected chi connectivity index (χ0v) is 11.3. The van der Waals surface area contributed by atoms with Crippen LogP contribution in [0.1, 0.15) is 43.9 Å². The van der Waals surface area contributed by atoms with Gasteiger partial charge in [-0.15, -0.1) is 0 Å². The highest BCUT2D eigenvalue weighted by atomic mass is 16.7. The van der Waals surface area contributed by atoms with E-state index in [0.717, 1.165) is 0 Å². The monoisotopic (exact) mass is 249 g/mol. The van der Waals surface area contributed by atoms with Crippen molar-refractivity contribution in [2.45, 2.75) is 33.5 Å². The quantitative estimate of drug-likeness (QED) is 0.756. The van der Waals surface area contributed by atoms with Gasteiger partial charge in [-0.2, -0.15) is 0 Å². The summed E-state index contributed by atoms with van der Waals surface area (Å²) in [7, 11) is 0. The summed E-state index contributed by atoms with van der Waals surface area (Å²) in [4.78, 5) is 15.7. The zero-order valence-electron chi connectivity index (χ0n) is 11.3. The fraction of sp³-hybridized carbons (Fsp3) is 0.571. The summed E-state index contributed by atoms with van der Waals surface area (Å²) < 4.78 is 11.6. The molecule has 1 saturated heterocycles. The van der Waals surface area contributed by atoms with E-state index in [4.69, 9.17) is 9.47 Å². The number of pyridine rings is 1. The highest BCUT2D eigenvalue weighted by Gasteiger charge is 2.39. The first-order chi connectivity index (χ1) is 8.32. The summed E-state index contributed by atoms with van der Waals surface area (Å²) in [6.45, 7) is 8.73. The molecule has 1 aliphatic heterocycles. The molecule has 0 spiro atoms. The van der Waals surface area contributed by atoms with Crippen molar-refractivity contribution in [2.75, 3.05) is 13.2 Å². The Hall–Kier alpha value is -1.26. The van der Waals surface area contributed by atoms with Crippen molar-refractivity contribution in [3.05, 3.63) is 29.6 Å². The Morgan fingerprint density at radius 1 is 1.22 bits per heavy atom.